The molecule has 0 N–H and O–H groups in total. The Kier molecular flexibility index (Phi) is 5.78. The molecule has 0 aliphatic heterocycles. The number of carbonyl (C=O) groups excluding carboxylic acids is 1. The quantitative estimate of drug-likeness (QED) is 0.669. The third kappa shape index (κ3) is 4.17. The molecule has 1 aromatic carbocycles. The molecule has 0 spiro atoms. The monoisotopic (exact) mass is 273 g/mol. The molecule has 2 heteroatoms. The fourth-order valence-electron chi connectivity index (χ4n) is 2.79. The maximum Gasteiger partial charge on any atom is 0.176 e. The number of ketones is 1. The van der Waals surface area contributed by atoms with Crippen LogP contribution in [0, 0.1) is 5.92 Å². The van der Waals surface area contributed by atoms with E-state index < -0.39 is 0 Å². The van der Waals surface area contributed by atoms with Gasteiger partial charge in [0.15, 0.2) is 5.78 Å². The van der Waals surface area contributed by atoms with Crippen LogP contribution in [-0.2, 0) is 6.42 Å². The lowest BCUT2D eigenvalue weighted by Gasteiger charge is -2.31. The zero-order valence-corrected chi connectivity index (χ0v) is 12.9. The predicted octanol–water partition coefficient (Wildman–Crippen LogP) is 3.94. The summed E-state index contributed by atoms with van der Waals surface area (Å²) >= 11 is 0. The van der Waals surface area contributed by atoms with E-state index in [1.165, 1.54) is 24.8 Å². The van der Waals surface area contributed by atoms with E-state index in [-0.39, 0.29) is 5.78 Å². The summed E-state index contributed by atoms with van der Waals surface area (Å²) in [7, 11) is 0. The minimum absolute atomic E-state index is 0.259. The van der Waals surface area contributed by atoms with Gasteiger partial charge in [-0.25, -0.2) is 0 Å². The standard InChI is InChI=1S/C18H27NO/c1-3-6-15-9-11-17(12-10-15)18(20)14-19(4-2)13-16-7-5-8-16/h9-12,16H,3-8,13-14H2,1-2H3. The van der Waals surface area contributed by atoms with E-state index in [0.717, 1.165) is 37.4 Å². The molecule has 1 fully saturated rings. The molecule has 2 rings (SSSR count). The number of benzene rings is 1. The predicted molar refractivity (Wildman–Crippen MR) is 84.2 cm³/mol. The van der Waals surface area contributed by atoms with Crippen LogP contribution in [0.1, 0.15) is 55.5 Å². The van der Waals surface area contributed by atoms with E-state index in [0.29, 0.717) is 6.54 Å². The fourth-order valence-corrected chi connectivity index (χ4v) is 2.79. The molecule has 110 valence electrons. The highest BCUT2D eigenvalue weighted by Gasteiger charge is 2.21. The van der Waals surface area contributed by atoms with Gasteiger partial charge in [-0.3, -0.25) is 9.69 Å². The van der Waals surface area contributed by atoms with Crippen LogP contribution < -0.4 is 0 Å². The Balaban J connectivity index is 1.88. The summed E-state index contributed by atoms with van der Waals surface area (Å²) < 4.78 is 0. The van der Waals surface area contributed by atoms with E-state index >= 15 is 0 Å². The van der Waals surface area contributed by atoms with Gasteiger partial charge in [-0.15, -0.1) is 0 Å². The Morgan fingerprint density at radius 1 is 1.20 bits per heavy atom. The van der Waals surface area contributed by atoms with Crippen molar-refractivity contribution < 1.29 is 4.79 Å². The third-order valence-electron chi connectivity index (χ3n) is 4.37. The van der Waals surface area contributed by atoms with Crippen molar-refractivity contribution in [2.24, 2.45) is 5.92 Å². The van der Waals surface area contributed by atoms with Gasteiger partial charge in [0.1, 0.15) is 0 Å². The average Bonchev–Trinajstić information content (AvgIpc) is 2.42. The van der Waals surface area contributed by atoms with E-state index in [9.17, 15) is 4.79 Å². The second-order valence-corrected chi connectivity index (χ2v) is 5.99. The molecule has 0 unspecified atom stereocenters. The number of nitrogens with zero attached hydrogens (tertiary/aromatic N) is 1. The number of carbonyl (C=O) groups is 1. The van der Waals surface area contributed by atoms with Crippen LogP contribution in [0.3, 0.4) is 0 Å². The van der Waals surface area contributed by atoms with Crippen molar-refractivity contribution in [1.82, 2.24) is 4.90 Å². The van der Waals surface area contributed by atoms with Crippen molar-refractivity contribution in [3.63, 3.8) is 0 Å². The first-order chi connectivity index (χ1) is 9.72. The Morgan fingerprint density at radius 3 is 2.40 bits per heavy atom. The zero-order chi connectivity index (χ0) is 14.4. The Hall–Kier alpha value is -1.15. The molecule has 0 radical (unpaired) electrons. The molecule has 0 atom stereocenters. The first-order valence-electron chi connectivity index (χ1n) is 8.07. The Labute approximate surface area is 123 Å². The normalized spacial score (nSPS) is 15.3. The molecule has 1 aromatic rings. The van der Waals surface area contributed by atoms with Crippen molar-refractivity contribution in [3.05, 3.63) is 35.4 Å². The maximum absolute atomic E-state index is 12.3. The Bertz CT molecular complexity index is 420. The molecule has 1 saturated carbocycles. The van der Waals surface area contributed by atoms with Crippen LogP contribution in [0.4, 0.5) is 0 Å². The summed E-state index contributed by atoms with van der Waals surface area (Å²) in [5.74, 6) is 1.09. The number of aryl methyl sites for hydroxylation is 1. The SMILES string of the molecule is CCCc1ccc(C(=O)CN(CC)CC2CCC2)cc1. The van der Waals surface area contributed by atoms with Crippen LogP contribution in [0.25, 0.3) is 0 Å². The van der Waals surface area contributed by atoms with Gasteiger partial charge in [-0.1, -0.05) is 51.0 Å². The van der Waals surface area contributed by atoms with E-state index in [4.69, 9.17) is 0 Å². The molecule has 0 saturated heterocycles. The third-order valence-corrected chi connectivity index (χ3v) is 4.37. The van der Waals surface area contributed by atoms with Gasteiger partial charge >= 0.3 is 0 Å². The Morgan fingerprint density at radius 2 is 1.90 bits per heavy atom. The van der Waals surface area contributed by atoms with Gasteiger partial charge in [0, 0.05) is 12.1 Å². The topological polar surface area (TPSA) is 20.3 Å². The summed E-state index contributed by atoms with van der Waals surface area (Å²) in [6.45, 7) is 6.96. The van der Waals surface area contributed by atoms with Crippen LogP contribution in [-0.4, -0.2) is 30.3 Å². The molecular weight excluding hydrogens is 246 g/mol. The van der Waals surface area contributed by atoms with Gasteiger partial charge in [0.05, 0.1) is 6.54 Å². The molecule has 0 bridgehead atoms. The van der Waals surface area contributed by atoms with Gasteiger partial charge in [0.25, 0.3) is 0 Å². The minimum Gasteiger partial charge on any atom is -0.296 e. The first kappa shape index (κ1) is 15.2. The van der Waals surface area contributed by atoms with Crippen LogP contribution >= 0.6 is 0 Å². The van der Waals surface area contributed by atoms with Gasteiger partial charge in [-0.2, -0.15) is 0 Å². The lowest BCUT2D eigenvalue weighted by Crippen LogP contribution is -2.36. The van der Waals surface area contributed by atoms with Crippen LogP contribution in [0.2, 0.25) is 0 Å². The van der Waals surface area contributed by atoms with Crippen LogP contribution in [0.15, 0.2) is 24.3 Å². The maximum atomic E-state index is 12.3. The molecule has 0 heterocycles. The number of rotatable bonds is 8. The molecule has 2 nitrogen and oxygen atoms in total. The zero-order valence-electron chi connectivity index (χ0n) is 12.9. The number of hydrogen-bond donors (Lipinski definition) is 0. The highest BCUT2D eigenvalue weighted by Crippen LogP contribution is 2.27. The summed E-state index contributed by atoms with van der Waals surface area (Å²) in [5.41, 5.74) is 2.18. The molecule has 1 aliphatic carbocycles. The van der Waals surface area contributed by atoms with Crippen molar-refractivity contribution in [2.45, 2.75) is 46.0 Å². The van der Waals surface area contributed by atoms with Crippen molar-refractivity contribution in [1.29, 1.82) is 0 Å². The second kappa shape index (κ2) is 7.58. The summed E-state index contributed by atoms with van der Waals surface area (Å²) in [4.78, 5) is 14.6. The number of likely N-dealkylation sites (N-methyl/N-ethyl adjacent to an activating group) is 1. The highest BCUT2D eigenvalue weighted by atomic mass is 16.1. The van der Waals surface area contributed by atoms with Crippen molar-refractivity contribution >= 4 is 5.78 Å². The fraction of sp³-hybridized carbons (Fsp3) is 0.611. The van der Waals surface area contributed by atoms with Crippen LogP contribution in [0.5, 0.6) is 0 Å². The lowest BCUT2D eigenvalue weighted by molar-refractivity contribution is 0.0905. The van der Waals surface area contributed by atoms with Gasteiger partial charge < -0.3 is 0 Å². The van der Waals surface area contributed by atoms with Gasteiger partial charge in [0.2, 0.25) is 0 Å². The second-order valence-electron chi connectivity index (χ2n) is 5.99. The molecule has 1 aliphatic rings. The highest BCUT2D eigenvalue weighted by molar-refractivity contribution is 5.97. The lowest BCUT2D eigenvalue weighted by atomic mass is 9.85. The van der Waals surface area contributed by atoms with Gasteiger partial charge in [-0.05, 0) is 37.3 Å². The summed E-state index contributed by atoms with van der Waals surface area (Å²) in [5, 5.41) is 0. The minimum atomic E-state index is 0.259. The molecule has 0 amide bonds. The summed E-state index contributed by atoms with van der Waals surface area (Å²) in [6, 6.07) is 8.17. The van der Waals surface area contributed by atoms with Crippen molar-refractivity contribution in [2.75, 3.05) is 19.6 Å². The summed E-state index contributed by atoms with van der Waals surface area (Å²) in [6.07, 6.45) is 6.30. The first-order valence-corrected chi connectivity index (χ1v) is 8.07. The average molecular weight is 273 g/mol. The number of hydrogen-bond acceptors (Lipinski definition) is 2. The van der Waals surface area contributed by atoms with E-state index in [1.807, 2.05) is 12.1 Å². The smallest absolute Gasteiger partial charge is 0.176 e. The molecule has 20 heavy (non-hydrogen) atoms. The van der Waals surface area contributed by atoms with E-state index in [2.05, 4.69) is 30.9 Å². The molecular formula is C18H27NO. The number of Topliss-reactive ketones (excluding diaryl/α,β-unsaturated/α-hetero) is 1. The van der Waals surface area contributed by atoms with Crippen molar-refractivity contribution in [3.8, 4) is 0 Å². The molecule has 0 aromatic heterocycles. The van der Waals surface area contributed by atoms with E-state index in [1.54, 1.807) is 0 Å². The largest absolute Gasteiger partial charge is 0.296 e.